The highest BCUT2D eigenvalue weighted by Crippen LogP contribution is 2.24. The van der Waals surface area contributed by atoms with Gasteiger partial charge in [-0.2, -0.15) is 0 Å². The van der Waals surface area contributed by atoms with E-state index in [-0.39, 0.29) is 11.6 Å². The van der Waals surface area contributed by atoms with Gasteiger partial charge in [0.1, 0.15) is 0 Å². The number of ether oxygens (including phenoxy) is 1. The van der Waals surface area contributed by atoms with E-state index in [1.165, 1.54) is 5.56 Å². The molecule has 2 atom stereocenters. The smallest absolute Gasteiger partial charge is 0.0549 e. The van der Waals surface area contributed by atoms with E-state index in [0.717, 1.165) is 17.4 Å². The summed E-state index contributed by atoms with van der Waals surface area (Å²) in [6.45, 7) is 9.70. The van der Waals surface area contributed by atoms with Crippen molar-refractivity contribution in [2.75, 3.05) is 13.7 Å². The Morgan fingerprint density at radius 3 is 2.26 bits per heavy atom. The first kappa shape index (κ1) is 16.7. The van der Waals surface area contributed by atoms with E-state index in [4.69, 9.17) is 4.74 Å². The summed E-state index contributed by atoms with van der Waals surface area (Å²) >= 11 is 3.49. The molecule has 1 aromatic carbocycles. The van der Waals surface area contributed by atoms with E-state index in [2.05, 4.69) is 73.2 Å². The van der Waals surface area contributed by atoms with Crippen LogP contribution in [0, 0.1) is 0 Å². The number of hydrogen-bond donors (Lipinski definition) is 1. The molecule has 108 valence electrons. The molecule has 1 aromatic rings. The van der Waals surface area contributed by atoms with Gasteiger partial charge in [0.15, 0.2) is 0 Å². The highest BCUT2D eigenvalue weighted by molar-refractivity contribution is 9.10. The molecule has 0 bridgehead atoms. The van der Waals surface area contributed by atoms with Gasteiger partial charge in [0, 0.05) is 23.7 Å². The van der Waals surface area contributed by atoms with Gasteiger partial charge in [-0.15, -0.1) is 0 Å². The minimum absolute atomic E-state index is 0.143. The number of methoxy groups -OCH3 is 1. The van der Waals surface area contributed by atoms with Crippen molar-refractivity contribution in [3.05, 3.63) is 34.3 Å². The third-order valence-corrected chi connectivity index (χ3v) is 3.77. The molecule has 0 aromatic heterocycles. The van der Waals surface area contributed by atoms with Gasteiger partial charge in [0.25, 0.3) is 0 Å². The van der Waals surface area contributed by atoms with E-state index in [1.807, 2.05) is 0 Å². The lowest BCUT2D eigenvalue weighted by Gasteiger charge is -2.27. The Balaban J connectivity index is 2.76. The van der Waals surface area contributed by atoms with Gasteiger partial charge in [0.2, 0.25) is 0 Å². The Labute approximate surface area is 126 Å². The minimum atomic E-state index is 0.143. The van der Waals surface area contributed by atoms with Crippen molar-refractivity contribution in [3.8, 4) is 0 Å². The SMILES string of the molecule is COC(C)CC(CNC(C)(C)C)c1ccc(Br)cc1. The van der Waals surface area contributed by atoms with E-state index in [1.54, 1.807) is 7.11 Å². The molecule has 0 saturated heterocycles. The summed E-state index contributed by atoms with van der Waals surface area (Å²) in [6, 6.07) is 8.61. The topological polar surface area (TPSA) is 21.3 Å². The molecule has 2 nitrogen and oxygen atoms in total. The molecular weight excluding hydrogens is 302 g/mol. The van der Waals surface area contributed by atoms with Crippen molar-refractivity contribution in [2.45, 2.75) is 51.7 Å². The molecular formula is C16H26BrNO. The molecule has 0 radical (unpaired) electrons. The van der Waals surface area contributed by atoms with Crippen LogP contribution in [0.2, 0.25) is 0 Å². The first-order valence-electron chi connectivity index (χ1n) is 6.85. The molecule has 0 fully saturated rings. The predicted molar refractivity (Wildman–Crippen MR) is 85.7 cm³/mol. The summed E-state index contributed by atoms with van der Waals surface area (Å²) in [4.78, 5) is 0. The van der Waals surface area contributed by atoms with Crippen molar-refractivity contribution in [2.24, 2.45) is 0 Å². The lowest BCUT2D eigenvalue weighted by atomic mass is 9.92. The van der Waals surface area contributed by atoms with Crippen LogP contribution in [0.1, 0.15) is 45.6 Å². The number of rotatable bonds is 6. The van der Waals surface area contributed by atoms with Crippen LogP contribution in [0.25, 0.3) is 0 Å². The number of hydrogen-bond acceptors (Lipinski definition) is 2. The highest BCUT2D eigenvalue weighted by atomic mass is 79.9. The van der Waals surface area contributed by atoms with Crippen molar-refractivity contribution in [1.29, 1.82) is 0 Å². The molecule has 0 aliphatic rings. The van der Waals surface area contributed by atoms with Crippen molar-refractivity contribution < 1.29 is 4.74 Å². The van der Waals surface area contributed by atoms with Crippen LogP contribution in [-0.4, -0.2) is 25.3 Å². The molecule has 19 heavy (non-hydrogen) atoms. The monoisotopic (exact) mass is 327 g/mol. The maximum Gasteiger partial charge on any atom is 0.0549 e. The summed E-state index contributed by atoms with van der Waals surface area (Å²) in [5, 5.41) is 3.60. The average molecular weight is 328 g/mol. The van der Waals surface area contributed by atoms with E-state index in [0.29, 0.717) is 5.92 Å². The fourth-order valence-corrected chi connectivity index (χ4v) is 2.26. The lowest BCUT2D eigenvalue weighted by molar-refractivity contribution is 0.103. The summed E-state index contributed by atoms with van der Waals surface area (Å²) in [5.74, 6) is 0.474. The van der Waals surface area contributed by atoms with Gasteiger partial charge in [-0.25, -0.2) is 0 Å². The van der Waals surface area contributed by atoms with E-state index < -0.39 is 0 Å². The predicted octanol–water partition coefficient (Wildman–Crippen LogP) is 4.35. The van der Waals surface area contributed by atoms with Crippen LogP contribution in [0.4, 0.5) is 0 Å². The van der Waals surface area contributed by atoms with Crippen molar-refractivity contribution in [1.82, 2.24) is 5.32 Å². The molecule has 0 spiro atoms. The largest absolute Gasteiger partial charge is 0.382 e. The highest BCUT2D eigenvalue weighted by Gasteiger charge is 2.18. The molecule has 0 amide bonds. The molecule has 1 rings (SSSR count). The first-order valence-corrected chi connectivity index (χ1v) is 7.64. The van der Waals surface area contributed by atoms with Gasteiger partial charge >= 0.3 is 0 Å². The summed E-state index contributed by atoms with van der Waals surface area (Å²) < 4.78 is 6.54. The second-order valence-corrected chi connectivity index (χ2v) is 7.08. The van der Waals surface area contributed by atoms with Crippen LogP contribution in [0.3, 0.4) is 0 Å². The Kier molecular flexibility index (Phi) is 6.51. The molecule has 0 saturated carbocycles. The Morgan fingerprint density at radius 1 is 1.21 bits per heavy atom. The molecule has 0 aliphatic carbocycles. The molecule has 0 heterocycles. The maximum absolute atomic E-state index is 5.42. The van der Waals surface area contributed by atoms with Crippen LogP contribution < -0.4 is 5.32 Å². The zero-order valence-corrected chi connectivity index (χ0v) is 14.3. The maximum atomic E-state index is 5.42. The average Bonchev–Trinajstić information content (AvgIpc) is 2.34. The Bertz CT molecular complexity index is 369. The summed E-state index contributed by atoms with van der Waals surface area (Å²) in [5.41, 5.74) is 1.51. The van der Waals surface area contributed by atoms with Crippen molar-refractivity contribution in [3.63, 3.8) is 0 Å². The zero-order valence-electron chi connectivity index (χ0n) is 12.7. The van der Waals surface area contributed by atoms with Gasteiger partial charge < -0.3 is 10.1 Å². The number of nitrogens with one attached hydrogen (secondary N) is 1. The standard InChI is InChI=1S/C16H26BrNO/c1-12(19-5)10-14(11-18-16(2,3)4)13-6-8-15(17)9-7-13/h6-9,12,14,18H,10-11H2,1-5H3. The third kappa shape index (κ3) is 6.55. The van der Waals surface area contributed by atoms with E-state index >= 15 is 0 Å². The minimum Gasteiger partial charge on any atom is -0.382 e. The second-order valence-electron chi connectivity index (χ2n) is 6.16. The van der Waals surface area contributed by atoms with Crippen LogP contribution in [0.15, 0.2) is 28.7 Å². The summed E-state index contributed by atoms with van der Waals surface area (Å²) in [7, 11) is 1.78. The second kappa shape index (κ2) is 7.41. The van der Waals surface area contributed by atoms with Crippen LogP contribution in [-0.2, 0) is 4.74 Å². The van der Waals surface area contributed by atoms with E-state index in [9.17, 15) is 0 Å². The third-order valence-electron chi connectivity index (χ3n) is 3.24. The van der Waals surface area contributed by atoms with Gasteiger partial charge in [-0.3, -0.25) is 0 Å². The molecule has 2 unspecified atom stereocenters. The van der Waals surface area contributed by atoms with Gasteiger partial charge in [-0.05, 0) is 57.7 Å². The quantitative estimate of drug-likeness (QED) is 0.838. The zero-order chi connectivity index (χ0) is 14.5. The van der Waals surface area contributed by atoms with Gasteiger partial charge in [0.05, 0.1) is 6.10 Å². The summed E-state index contributed by atoms with van der Waals surface area (Å²) in [6.07, 6.45) is 1.30. The lowest BCUT2D eigenvalue weighted by Crippen LogP contribution is -2.39. The molecule has 1 N–H and O–H groups in total. The van der Waals surface area contributed by atoms with Crippen molar-refractivity contribution >= 4 is 15.9 Å². The fraction of sp³-hybridized carbons (Fsp3) is 0.625. The molecule has 3 heteroatoms. The van der Waals surface area contributed by atoms with Gasteiger partial charge in [-0.1, -0.05) is 28.1 Å². The Morgan fingerprint density at radius 2 is 1.79 bits per heavy atom. The number of halogens is 1. The number of benzene rings is 1. The molecule has 0 aliphatic heterocycles. The Hall–Kier alpha value is -0.380. The fourth-order valence-electron chi connectivity index (χ4n) is 2.00. The van der Waals surface area contributed by atoms with Crippen LogP contribution in [0.5, 0.6) is 0 Å². The van der Waals surface area contributed by atoms with Crippen LogP contribution >= 0.6 is 15.9 Å². The normalized spacial score (nSPS) is 15.3. The first-order chi connectivity index (χ1) is 8.81.